The van der Waals surface area contributed by atoms with Gasteiger partial charge in [-0.25, -0.2) is 0 Å². The van der Waals surface area contributed by atoms with Crippen LogP contribution in [0.1, 0.15) is 41.5 Å². The Hall–Kier alpha value is 0.849. The maximum absolute atomic E-state index is 4.76. The molecule has 0 saturated heterocycles. The zero-order valence-electron chi connectivity index (χ0n) is 15.9. The van der Waals surface area contributed by atoms with E-state index in [1.807, 2.05) is 56.2 Å². The number of thiocarbonyl (C=S) groups is 3. The average molecular weight is 501 g/mol. The molecule has 0 unspecified atom stereocenters. The van der Waals surface area contributed by atoms with Crippen LogP contribution in [0, 0.1) is 0 Å². The molecule has 0 fully saturated rings. The van der Waals surface area contributed by atoms with Crippen molar-refractivity contribution in [3.05, 3.63) is 0 Å². The molecule has 0 spiro atoms. The van der Waals surface area contributed by atoms with E-state index in [1.54, 1.807) is 0 Å². The molecule has 0 aliphatic carbocycles. The van der Waals surface area contributed by atoms with Crippen LogP contribution >= 0.6 is 36.7 Å². The molecule has 0 saturated carbocycles. The minimum Gasteiger partial charge on any atom is -0.411 e. The Morgan fingerprint density at radius 1 is 0.520 bits per heavy atom. The van der Waals surface area contributed by atoms with Gasteiger partial charge in [0.2, 0.25) is 0 Å². The van der Waals surface area contributed by atoms with Gasteiger partial charge in [0.1, 0.15) is 0 Å². The summed E-state index contributed by atoms with van der Waals surface area (Å²) >= 11 is 28.5. The first-order chi connectivity index (χ1) is 11.2. The van der Waals surface area contributed by atoms with Crippen molar-refractivity contribution >= 4 is 87.5 Å². The molecule has 0 aromatic heterocycles. The van der Waals surface area contributed by atoms with E-state index in [9.17, 15) is 0 Å². The van der Waals surface area contributed by atoms with E-state index < -0.39 is 0 Å². The minimum atomic E-state index is 0. The van der Waals surface area contributed by atoms with E-state index in [0.29, 0.717) is 13.0 Å². The number of nitrogens with zero attached hydrogens (tertiary/aromatic N) is 3. The molecule has 1 radical (unpaired) electrons. The summed E-state index contributed by atoms with van der Waals surface area (Å²) in [5.74, 6) is 0. The van der Waals surface area contributed by atoms with Gasteiger partial charge in [-0.15, -0.1) is 0 Å². The fraction of sp³-hybridized carbons (Fsp3) is 0.800. The van der Waals surface area contributed by atoms with Crippen LogP contribution in [0.2, 0.25) is 0 Å². The van der Waals surface area contributed by atoms with E-state index in [0.717, 1.165) is 39.3 Å². The van der Waals surface area contributed by atoms with E-state index in [-0.39, 0.29) is 17.1 Å². The quantitative estimate of drug-likeness (QED) is 0.305. The average Bonchev–Trinajstić information content (AvgIpc) is 2.51. The minimum absolute atomic E-state index is 0. The monoisotopic (exact) mass is 500 g/mol. The van der Waals surface area contributed by atoms with Gasteiger partial charge >= 0.3 is 17.1 Å². The van der Waals surface area contributed by atoms with E-state index >= 15 is 0 Å². The molecule has 3 nitrogen and oxygen atoms in total. The topological polar surface area (TPSA) is 9.72 Å². The number of hydrogen-bond donors (Lipinski definition) is 0. The van der Waals surface area contributed by atoms with Crippen LogP contribution in [0.4, 0.5) is 0 Å². The standard InChI is InChI=1S/3C5H11NS2.Fe/c3*1-3-6(4-2)5(7)8;/h3*3-4H2,1-2H3,(H,7,8);/q;;;+3/p-3. The van der Waals surface area contributed by atoms with E-state index in [2.05, 4.69) is 0 Å². The van der Waals surface area contributed by atoms with Gasteiger partial charge in [-0.2, -0.15) is 0 Å². The fourth-order valence-electron chi connectivity index (χ4n) is 1.45. The second-order valence-corrected chi connectivity index (χ2v) is 7.41. The molecule has 0 atom stereocenters. The predicted molar refractivity (Wildman–Crippen MR) is 129 cm³/mol. The molecule has 0 N–H and O–H groups in total. The fourth-order valence-corrected chi connectivity index (χ4v) is 2.99. The summed E-state index contributed by atoms with van der Waals surface area (Å²) in [6, 6.07) is 0. The third-order valence-corrected chi connectivity index (χ3v) is 4.61. The largest absolute Gasteiger partial charge is 3.00 e. The number of hydrogen-bond acceptors (Lipinski definition) is 6. The van der Waals surface area contributed by atoms with Crippen molar-refractivity contribution in [3.8, 4) is 0 Å². The Morgan fingerprint density at radius 2 is 0.640 bits per heavy atom. The summed E-state index contributed by atoms with van der Waals surface area (Å²) < 4.78 is 1.74. The molecular formula is C15H30FeN3S6. The molecular weight excluding hydrogens is 470 g/mol. The summed E-state index contributed by atoms with van der Waals surface area (Å²) in [5, 5.41) is 0. The molecule has 0 amide bonds. The zero-order chi connectivity index (χ0) is 19.7. The molecule has 0 rings (SSSR count). The molecule has 0 aromatic carbocycles. The second-order valence-electron chi connectivity index (χ2n) is 4.31. The summed E-state index contributed by atoms with van der Waals surface area (Å²) in [5.41, 5.74) is 0. The molecule has 10 heteroatoms. The third-order valence-electron chi connectivity index (χ3n) is 3.06. The van der Waals surface area contributed by atoms with Crippen molar-refractivity contribution in [3.63, 3.8) is 0 Å². The Morgan fingerprint density at radius 3 is 0.640 bits per heavy atom. The van der Waals surface area contributed by atoms with Gasteiger partial charge in [-0.1, -0.05) is 13.0 Å². The van der Waals surface area contributed by atoms with Crippen molar-refractivity contribution in [2.75, 3.05) is 39.3 Å². The van der Waals surface area contributed by atoms with Gasteiger partial charge in [0, 0.05) is 39.3 Å². The van der Waals surface area contributed by atoms with Crippen LogP contribution in [0.15, 0.2) is 0 Å². The summed E-state index contributed by atoms with van der Waals surface area (Å²) in [6.45, 7) is 17.8. The Balaban J connectivity index is -0.000000130. The summed E-state index contributed by atoms with van der Waals surface area (Å²) in [6.07, 6.45) is 0. The molecule has 0 aliphatic rings. The maximum Gasteiger partial charge on any atom is 3.00 e. The smallest absolute Gasteiger partial charge is 0.411 e. The van der Waals surface area contributed by atoms with Crippen LogP contribution in [0.25, 0.3) is 0 Å². The van der Waals surface area contributed by atoms with Crippen molar-refractivity contribution in [2.45, 2.75) is 41.5 Å². The molecule has 0 heterocycles. The SMILES string of the molecule is CCN(CC)C(=S)[S-].CCN(CC)C(=S)[S-].CCN(CC)C(=S)[S-].[Fe+3]. The molecule has 149 valence electrons. The summed E-state index contributed by atoms with van der Waals surface area (Å²) in [4.78, 5) is 5.89. The van der Waals surface area contributed by atoms with Gasteiger partial charge in [-0.05, 0) is 41.5 Å². The van der Waals surface area contributed by atoms with Crippen molar-refractivity contribution in [1.82, 2.24) is 14.7 Å². The van der Waals surface area contributed by atoms with Crippen LogP contribution in [-0.4, -0.2) is 66.9 Å². The summed E-state index contributed by atoms with van der Waals surface area (Å²) in [7, 11) is 0. The van der Waals surface area contributed by atoms with Crippen molar-refractivity contribution < 1.29 is 17.1 Å². The van der Waals surface area contributed by atoms with Crippen LogP contribution in [0.3, 0.4) is 0 Å². The van der Waals surface area contributed by atoms with E-state index in [4.69, 9.17) is 74.5 Å². The molecule has 0 aromatic rings. The zero-order valence-corrected chi connectivity index (χ0v) is 21.9. The second kappa shape index (κ2) is 22.9. The third kappa shape index (κ3) is 21.0. The first kappa shape index (κ1) is 33.4. The molecule has 0 aliphatic heterocycles. The maximum atomic E-state index is 4.76. The van der Waals surface area contributed by atoms with Crippen LogP contribution in [0.5, 0.6) is 0 Å². The molecule has 0 bridgehead atoms. The normalized spacial score (nSPS) is 8.40. The van der Waals surface area contributed by atoms with Crippen molar-refractivity contribution in [2.24, 2.45) is 0 Å². The van der Waals surface area contributed by atoms with Gasteiger partial charge in [-0.3, -0.25) is 0 Å². The van der Waals surface area contributed by atoms with Crippen LogP contribution < -0.4 is 0 Å². The molecule has 25 heavy (non-hydrogen) atoms. The van der Waals surface area contributed by atoms with Crippen molar-refractivity contribution in [1.29, 1.82) is 0 Å². The Labute approximate surface area is 198 Å². The first-order valence-electron chi connectivity index (χ1n) is 8.04. The van der Waals surface area contributed by atoms with Gasteiger partial charge in [0.25, 0.3) is 0 Å². The Bertz CT molecular complexity index is 294. The number of rotatable bonds is 6. The first-order valence-corrected chi connectivity index (χ1v) is 10.5. The van der Waals surface area contributed by atoms with Crippen LogP contribution in [-0.2, 0) is 55.0 Å². The van der Waals surface area contributed by atoms with E-state index in [1.165, 1.54) is 0 Å². The van der Waals surface area contributed by atoms with Gasteiger partial charge in [0.15, 0.2) is 0 Å². The Kier molecular flexibility index (Phi) is 30.6. The predicted octanol–water partition coefficient (Wildman–Crippen LogP) is 3.48. The van der Waals surface area contributed by atoms with Gasteiger partial charge < -0.3 is 89.2 Å². The van der Waals surface area contributed by atoms with Gasteiger partial charge in [0.05, 0.1) is 0 Å².